The standard InChI is InChI=1S/C29H37F2N5.2C2H6/c1-6-22-23(7-2)26-24(14-25(22)36-15-29(16-36)9-8-10-29)28(35-18(4)34-26)33-17(3)19-11-20(27(30)31)13-21(12-19)32-5;2*1-2/h11-14,17,27,32H,6-10,15-16H2,1-5H3,(H,33,34,35);2*1-2H3/t17-;;/m1../s1. The molecule has 1 aliphatic carbocycles. The maximum atomic E-state index is 13.5. The summed E-state index contributed by atoms with van der Waals surface area (Å²) in [6.45, 7) is 18.6. The van der Waals surface area contributed by atoms with Gasteiger partial charge in [0, 0.05) is 47.9 Å². The lowest BCUT2D eigenvalue weighted by Crippen LogP contribution is -2.60. The van der Waals surface area contributed by atoms with Crippen molar-refractivity contribution in [3.63, 3.8) is 0 Å². The van der Waals surface area contributed by atoms with Crippen LogP contribution in [0.5, 0.6) is 0 Å². The Morgan fingerprint density at radius 2 is 1.55 bits per heavy atom. The van der Waals surface area contributed by atoms with Crippen molar-refractivity contribution in [2.24, 2.45) is 5.41 Å². The molecule has 2 fully saturated rings. The third-order valence-corrected chi connectivity index (χ3v) is 8.18. The van der Waals surface area contributed by atoms with Gasteiger partial charge in [0.05, 0.1) is 11.6 Å². The Hall–Kier alpha value is -2.96. The summed E-state index contributed by atoms with van der Waals surface area (Å²) in [6, 6.07) is 7.04. The molecule has 5 nitrogen and oxygen atoms in total. The number of hydrogen-bond acceptors (Lipinski definition) is 5. The lowest BCUT2D eigenvalue weighted by atomic mass is 9.63. The second-order valence-electron chi connectivity index (χ2n) is 10.6. The van der Waals surface area contributed by atoms with Gasteiger partial charge in [-0.1, -0.05) is 48.0 Å². The van der Waals surface area contributed by atoms with Crippen LogP contribution in [0.4, 0.5) is 26.0 Å². The lowest BCUT2D eigenvalue weighted by Gasteiger charge is -2.57. The van der Waals surface area contributed by atoms with E-state index in [4.69, 9.17) is 9.97 Å². The van der Waals surface area contributed by atoms with Crippen LogP contribution >= 0.6 is 0 Å². The van der Waals surface area contributed by atoms with E-state index in [0.29, 0.717) is 16.9 Å². The summed E-state index contributed by atoms with van der Waals surface area (Å²) in [4.78, 5) is 12.2. The predicted molar refractivity (Wildman–Crippen MR) is 167 cm³/mol. The summed E-state index contributed by atoms with van der Waals surface area (Å²) in [5.74, 6) is 1.47. The zero-order valence-corrected chi connectivity index (χ0v) is 26.0. The molecule has 1 spiro atoms. The second-order valence-corrected chi connectivity index (χ2v) is 10.6. The van der Waals surface area contributed by atoms with Gasteiger partial charge in [-0.3, -0.25) is 0 Å². The summed E-state index contributed by atoms with van der Waals surface area (Å²) >= 11 is 0. The van der Waals surface area contributed by atoms with E-state index in [1.54, 1.807) is 13.1 Å². The van der Waals surface area contributed by atoms with Gasteiger partial charge in [-0.25, -0.2) is 18.7 Å². The Bertz CT molecular complexity index is 1280. The number of nitrogens with zero attached hydrogens (tertiary/aromatic N) is 3. The largest absolute Gasteiger partial charge is 0.388 e. The number of hydrogen-bond donors (Lipinski definition) is 2. The monoisotopic (exact) mass is 553 g/mol. The quantitative estimate of drug-likeness (QED) is 0.291. The Labute approximate surface area is 240 Å². The summed E-state index contributed by atoms with van der Waals surface area (Å²) in [5.41, 5.74) is 6.99. The molecule has 2 aromatic carbocycles. The summed E-state index contributed by atoms with van der Waals surface area (Å²) in [5, 5.41) is 7.56. The fourth-order valence-electron chi connectivity index (χ4n) is 6.05. The minimum atomic E-state index is -2.52. The lowest BCUT2D eigenvalue weighted by molar-refractivity contribution is 0.0903. The van der Waals surface area contributed by atoms with E-state index in [1.807, 2.05) is 47.6 Å². The molecule has 0 unspecified atom stereocenters. The smallest absolute Gasteiger partial charge is 0.263 e. The number of halogens is 2. The van der Waals surface area contributed by atoms with Gasteiger partial charge in [0.15, 0.2) is 0 Å². The van der Waals surface area contributed by atoms with Crippen molar-refractivity contribution < 1.29 is 8.78 Å². The molecule has 0 bridgehead atoms. The van der Waals surface area contributed by atoms with Crippen molar-refractivity contribution in [1.29, 1.82) is 0 Å². The minimum Gasteiger partial charge on any atom is -0.388 e. The molecule has 1 atom stereocenters. The van der Waals surface area contributed by atoms with E-state index in [-0.39, 0.29) is 11.6 Å². The zero-order valence-electron chi connectivity index (χ0n) is 26.0. The Morgan fingerprint density at radius 3 is 2.08 bits per heavy atom. The van der Waals surface area contributed by atoms with E-state index < -0.39 is 6.43 Å². The number of fused-ring (bicyclic) bond motifs is 1. The Kier molecular flexibility index (Phi) is 10.7. The maximum Gasteiger partial charge on any atom is 0.263 e. The number of alkyl halides is 2. The van der Waals surface area contributed by atoms with Gasteiger partial charge in [-0.15, -0.1) is 0 Å². The van der Waals surface area contributed by atoms with Gasteiger partial charge in [0.25, 0.3) is 6.43 Å². The highest BCUT2D eigenvalue weighted by atomic mass is 19.3. The highest BCUT2D eigenvalue weighted by Gasteiger charge is 2.47. The molecule has 2 N–H and O–H groups in total. The molecule has 40 heavy (non-hydrogen) atoms. The van der Waals surface area contributed by atoms with E-state index in [2.05, 4.69) is 35.4 Å². The SMILES string of the molecule is CC.CC.CCc1c(N2CC3(CCC3)C2)cc2c(N[C@H](C)c3cc(NC)cc(C(F)F)c3)nc(C)nc2c1CC. The average Bonchev–Trinajstić information content (AvgIpc) is 2.92. The second kappa shape index (κ2) is 13.6. The summed E-state index contributed by atoms with van der Waals surface area (Å²) in [6.07, 6.45) is 3.39. The first-order valence-corrected chi connectivity index (χ1v) is 15.2. The van der Waals surface area contributed by atoms with Crippen LogP contribution in [0.3, 0.4) is 0 Å². The van der Waals surface area contributed by atoms with Gasteiger partial charge >= 0.3 is 0 Å². The van der Waals surface area contributed by atoms with E-state index in [1.165, 1.54) is 42.1 Å². The van der Waals surface area contributed by atoms with Gasteiger partial charge in [-0.05, 0) is 80.5 Å². The van der Waals surface area contributed by atoms with Crippen molar-refractivity contribution in [2.75, 3.05) is 35.7 Å². The zero-order chi connectivity index (χ0) is 29.6. The fourth-order valence-corrected chi connectivity index (χ4v) is 6.05. The molecule has 0 radical (unpaired) electrons. The van der Waals surface area contributed by atoms with E-state index in [9.17, 15) is 8.78 Å². The normalized spacial score (nSPS) is 15.8. The molecule has 1 saturated carbocycles. The van der Waals surface area contributed by atoms with Crippen LogP contribution in [0.15, 0.2) is 24.3 Å². The molecular formula is C33H49F2N5. The molecule has 1 saturated heterocycles. The Balaban J connectivity index is 0.00000106. The molecule has 7 heteroatoms. The number of rotatable bonds is 8. The molecule has 0 amide bonds. The molecule has 5 rings (SSSR count). The van der Waals surface area contributed by atoms with Crippen molar-refractivity contribution in [3.8, 4) is 0 Å². The molecule has 3 aromatic rings. The van der Waals surface area contributed by atoms with Crippen LogP contribution in [-0.4, -0.2) is 30.1 Å². The number of nitrogens with one attached hydrogen (secondary N) is 2. The van der Waals surface area contributed by atoms with Crippen LogP contribution in [-0.2, 0) is 12.8 Å². The van der Waals surface area contributed by atoms with E-state index in [0.717, 1.165) is 48.2 Å². The molecule has 1 aliphatic heterocycles. The van der Waals surface area contributed by atoms with Crippen LogP contribution < -0.4 is 15.5 Å². The maximum absolute atomic E-state index is 13.5. The van der Waals surface area contributed by atoms with Crippen molar-refractivity contribution in [1.82, 2.24) is 9.97 Å². The van der Waals surface area contributed by atoms with Crippen LogP contribution in [0.2, 0.25) is 0 Å². The van der Waals surface area contributed by atoms with Crippen molar-refractivity contribution in [3.05, 3.63) is 52.3 Å². The van der Waals surface area contributed by atoms with E-state index >= 15 is 0 Å². The Morgan fingerprint density at radius 1 is 0.925 bits per heavy atom. The molecular weight excluding hydrogens is 504 g/mol. The van der Waals surface area contributed by atoms with Crippen LogP contribution in [0, 0.1) is 12.3 Å². The molecule has 220 valence electrons. The van der Waals surface area contributed by atoms with Crippen molar-refractivity contribution in [2.45, 2.75) is 100.0 Å². The van der Waals surface area contributed by atoms with Crippen molar-refractivity contribution >= 4 is 28.1 Å². The minimum absolute atomic E-state index is 0.0140. The average molecular weight is 554 g/mol. The molecule has 2 heterocycles. The summed E-state index contributed by atoms with van der Waals surface area (Å²) in [7, 11) is 1.75. The molecule has 2 aliphatic rings. The third-order valence-electron chi connectivity index (χ3n) is 8.18. The van der Waals surface area contributed by atoms with Crippen LogP contribution in [0.25, 0.3) is 10.9 Å². The van der Waals surface area contributed by atoms with Gasteiger partial charge in [0.2, 0.25) is 0 Å². The number of aromatic nitrogens is 2. The third kappa shape index (κ3) is 6.18. The van der Waals surface area contributed by atoms with Gasteiger partial charge in [-0.2, -0.15) is 0 Å². The van der Waals surface area contributed by atoms with Crippen LogP contribution in [0.1, 0.15) is 108 Å². The highest BCUT2D eigenvalue weighted by Crippen LogP contribution is 2.51. The molecule has 1 aromatic heterocycles. The number of benzene rings is 2. The predicted octanol–water partition coefficient (Wildman–Crippen LogP) is 9.26. The van der Waals surface area contributed by atoms with Gasteiger partial charge in [0.1, 0.15) is 11.6 Å². The number of aryl methyl sites for hydroxylation is 2. The van der Waals surface area contributed by atoms with Gasteiger partial charge < -0.3 is 15.5 Å². The number of anilines is 3. The fraction of sp³-hybridized carbons (Fsp3) is 0.576. The first-order valence-electron chi connectivity index (χ1n) is 15.2. The topological polar surface area (TPSA) is 53.1 Å². The first kappa shape index (κ1) is 31.6. The highest BCUT2D eigenvalue weighted by molar-refractivity contribution is 5.96. The summed E-state index contributed by atoms with van der Waals surface area (Å²) < 4.78 is 27.1. The first-order chi connectivity index (χ1) is 19.3.